The van der Waals surface area contributed by atoms with Crippen LogP contribution in [0.15, 0.2) is 72.8 Å². The molecule has 0 radical (unpaired) electrons. The molecule has 0 aliphatic heterocycles. The summed E-state index contributed by atoms with van der Waals surface area (Å²) in [5.41, 5.74) is 4.68. The van der Waals surface area contributed by atoms with Gasteiger partial charge < -0.3 is 0 Å². The first-order valence-corrected chi connectivity index (χ1v) is 7.92. The van der Waals surface area contributed by atoms with Crippen molar-refractivity contribution in [2.75, 3.05) is 0 Å². The largest absolute Gasteiger partial charge is 0.206 e. The average molecular weight is 304 g/mol. The van der Waals surface area contributed by atoms with Crippen LogP contribution < -0.4 is 0 Å². The molecule has 0 aromatic heterocycles. The van der Waals surface area contributed by atoms with Gasteiger partial charge in [0.25, 0.3) is 0 Å². The molecule has 0 aliphatic rings. The van der Waals surface area contributed by atoms with Gasteiger partial charge in [-0.25, -0.2) is 4.39 Å². The molecule has 0 spiro atoms. The van der Waals surface area contributed by atoms with Gasteiger partial charge in [0.2, 0.25) is 0 Å². The van der Waals surface area contributed by atoms with E-state index in [0.717, 1.165) is 22.3 Å². The first-order chi connectivity index (χ1) is 11.0. The van der Waals surface area contributed by atoms with E-state index in [1.807, 2.05) is 54.6 Å². The van der Waals surface area contributed by atoms with Gasteiger partial charge in [0.1, 0.15) is 5.82 Å². The molecule has 23 heavy (non-hydrogen) atoms. The van der Waals surface area contributed by atoms with Gasteiger partial charge in [-0.1, -0.05) is 81.4 Å². The minimum Gasteiger partial charge on any atom is -0.206 e. The van der Waals surface area contributed by atoms with Crippen LogP contribution in [0.2, 0.25) is 0 Å². The lowest BCUT2D eigenvalue weighted by Gasteiger charge is -2.24. The van der Waals surface area contributed by atoms with Crippen LogP contribution in [0.5, 0.6) is 0 Å². The van der Waals surface area contributed by atoms with Crippen molar-refractivity contribution in [3.05, 3.63) is 84.2 Å². The Kier molecular flexibility index (Phi) is 4.04. The van der Waals surface area contributed by atoms with E-state index in [1.165, 1.54) is 0 Å². The van der Waals surface area contributed by atoms with Gasteiger partial charge >= 0.3 is 0 Å². The van der Waals surface area contributed by atoms with Crippen LogP contribution >= 0.6 is 0 Å². The van der Waals surface area contributed by atoms with Crippen LogP contribution in [0.3, 0.4) is 0 Å². The Hall–Kier alpha value is -2.41. The van der Waals surface area contributed by atoms with E-state index in [0.29, 0.717) is 5.56 Å². The normalized spacial score (nSPS) is 11.5. The van der Waals surface area contributed by atoms with Crippen LogP contribution in [-0.2, 0) is 5.41 Å². The van der Waals surface area contributed by atoms with Crippen LogP contribution in [0.25, 0.3) is 22.3 Å². The van der Waals surface area contributed by atoms with Crippen molar-refractivity contribution in [2.24, 2.45) is 0 Å². The molecule has 0 bridgehead atoms. The average Bonchev–Trinajstić information content (AvgIpc) is 2.55. The highest BCUT2D eigenvalue weighted by Gasteiger charge is 2.21. The van der Waals surface area contributed by atoms with E-state index >= 15 is 0 Å². The predicted octanol–water partition coefficient (Wildman–Crippen LogP) is 6.46. The first kappa shape index (κ1) is 15.5. The Balaban J connectivity index is 2.27. The number of hydrogen-bond acceptors (Lipinski definition) is 0. The van der Waals surface area contributed by atoms with Gasteiger partial charge in [-0.3, -0.25) is 0 Å². The summed E-state index contributed by atoms with van der Waals surface area (Å²) < 4.78 is 14.8. The molecule has 0 fully saturated rings. The number of hydrogen-bond donors (Lipinski definition) is 0. The van der Waals surface area contributed by atoms with Gasteiger partial charge in [-0.15, -0.1) is 0 Å². The molecule has 116 valence electrons. The molecule has 0 atom stereocenters. The van der Waals surface area contributed by atoms with Gasteiger partial charge in [0, 0.05) is 5.56 Å². The Morgan fingerprint density at radius 1 is 0.652 bits per heavy atom. The second-order valence-electron chi connectivity index (χ2n) is 6.86. The van der Waals surface area contributed by atoms with Crippen molar-refractivity contribution in [3.8, 4) is 22.3 Å². The van der Waals surface area contributed by atoms with Crippen LogP contribution in [0.1, 0.15) is 26.3 Å². The van der Waals surface area contributed by atoms with E-state index in [4.69, 9.17) is 0 Å². The molecule has 0 aliphatic carbocycles. The van der Waals surface area contributed by atoms with Crippen molar-refractivity contribution < 1.29 is 4.39 Å². The lowest BCUT2D eigenvalue weighted by molar-refractivity contribution is 0.575. The Labute approximate surface area is 137 Å². The Morgan fingerprint density at radius 2 is 1.13 bits per heavy atom. The molecule has 3 aromatic rings. The van der Waals surface area contributed by atoms with Gasteiger partial charge in [-0.05, 0) is 39.8 Å². The first-order valence-electron chi connectivity index (χ1n) is 7.92. The maximum atomic E-state index is 14.8. The Morgan fingerprint density at radius 3 is 1.61 bits per heavy atom. The van der Waals surface area contributed by atoms with Gasteiger partial charge in [0.05, 0.1) is 0 Å². The summed E-state index contributed by atoms with van der Waals surface area (Å²) in [6.45, 7) is 6.36. The molecule has 1 heteroatoms. The topological polar surface area (TPSA) is 0 Å². The third kappa shape index (κ3) is 3.19. The lowest BCUT2D eigenvalue weighted by Crippen LogP contribution is -2.13. The molecule has 0 N–H and O–H groups in total. The van der Waals surface area contributed by atoms with Crippen molar-refractivity contribution in [3.63, 3.8) is 0 Å². The van der Waals surface area contributed by atoms with E-state index in [9.17, 15) is 4.39 Å². The van der Waals surface area contributed by atoms with Crippen molar-refractivity contribution >= 4 is 0 Å². The van der Waals surface area contributed by atoms with Crippen LogP contribution in [0.4, 0.5) is 4.39 Å². The number of halogens is 1. The summed E-state index contributed by atoms with van der Waals surface area (Å²) in [6, 6.07) is 23.6. The number of rotatable bonds is 2. The van der Waals surface area contributed by atoms with Gasteiger partial charge in [0.15, 0.2) is 0 Å². The zero-order valence-electron chi connectivity index (χ0n) is 13.8. The summed E-state index contributed by atoms with van der Waals surface area (Å²) >= 11 is 0. The standard InChI is InChI=1S/C22H21F/c1-22(2,3)20-15-21(23)19(17-12-8-5-9-13-17)14-18(20)16-10-6-4-7-11-16/h4-15H,1-3H3. The molecular weight excluding hydrogens is 283 g/mol. The summed E-state index contributed by atoms with van der Waals surface area (Å²) in [5.74, 6) is -0.166. The molecule has 0 unspecified atom stereocenters. The van der Waals surface area contributed by atoms with Crippen LogP contribution in [-0.4, -0.2) is 0 Å². The monoisotopic (exact) mass is 304 g/mol. The highest BCUT2D eigenvalue weighted by molar-refractivity contribution is 5.77. The predicted molar refractivity (Wildman–Crippen MR) is 96.0 cm³/mol. The third-order valence-corrected chi connectivity index (χ3v) is 4.08. The minimum atomic E-state index is -0.166. The molecular formula is C22H21F. The van der Waals surface area contributed by atoms with E-state index in [1.54, 1.807) is 6.07 Å². The third-order valence-electron chi connectivity index (χ3n) is 4.08. The zero-order chi connectivity index (χ0) is 16.4. The fourth-order valence-corrected chi connectivity index (χ4v) is 2.89. The lowest BCUT2D eigenvalue weighted by atomic mass is 9.80. The van der Waals surface area contributed by atoms with Crippen molar-refractivity contribution in [1.29, 1.82) is 0 Å². The van der Waals surface area contributed by atoms with E-state index < -0.39 is 0 Å². The minimum absolute atomic E-state index is 0.124. The molecule has 3 aromatic carbocycles. The molecule has 0 heterocycles. The quantitative estimate of drug-likeness (QED) is 0.510. The molecule has 0 saturated carbocycles. The van der Waals surface area contributed by atoms with Crippen LogP contribution in [0, 0.1) is 5.82 Å². The molecule has 0 nitrogen and oxygen atoms in total. The van der Waals surface area contributed by atoms with Gasteiger partial charge in [-0.2, -0.15) is 0 Å². The fraction of sp³-hybridized carbons (Fsp3) is 0.182. The van der Waals surface area contributed by atoms with E-state index in [2.05, 4.69) is 32.9 Å². The highest BCUT2D eigenvalue weighted by atomic mass is 19.1. The van der Waals surface area contributed by atoms with Crippen molar-refractivity contribution in [2.45, 2.75) is 26.2 Å². The highest BCUT2D eigenvalue weighted by Crippen LogP contribution is 2.37. The Bertz CT molecular complexity index is 797. The molecule has 0 saturated heterocycles. The zero-order valence-corrected chi connectivity index (χ0v) is 13.8. The number of benzene rings is 3. The molecule has 0 amide bonds. The summed E-state index contributed by atoms with van der Waals surface area (Å²) in [7, 11) is 0. The van der Waals surface area contributed by atoms with E-state index in [-0.39, 0.29) is 11.2 Å². The van der Waals surface area contributed by atoms with Crippen molar-refractivity contribution in [1.82, 2.24) is 0 Å². The SMILES string of the molecule is CC(C)(C)c1cc(F)c(-c2ccccc2)cc1-c1ccccc1. The second kappa shape index (κ2) is 6.00. The maximum Gasteiger partial charge on any atom is 0.131 e. The summed E-state index contributed by atoms with van der Waals surface area (Å²) in [6.07, 6.45) is 0. The maximum absolute atomic E-state index is 14.8. The summed E-state index contributed by atoms with van der Waals surface area (Å²) in [5, 5.41) is 0. The fourth-order valence-electron chi connectivity index (χ4n) is 2.89. The molecule has 3 rings (SSSR count). The smallest absolute Gasteiger partial charge is 0.131 e. The second-order valence-corrected chi connectivity index (χ2v) is 6.86. The summed E-state index contributed by atoms with van der Waals surface area (Å²) in [4.78, 5) is 0.